The van der Waals surface area contributed by atoms with Crippen LogP contribution in [0.15, 0.2) is 24.3 Å². The molecule has 1 saturated heterocycles. The summed E-state index contributed by atoms with van der Waals surface area (Å²) < 4.78 is 0. The number of benzene rings is 1. The molecule has 0 spiro atoms. The van der Waals surface area contributed by atoms with Crippen molar-refractivity contribution in [3.05, 3.63) is 35.4 Å². The summed E-state index contributed by atoms with van der Waals surface area (Å²) in [5.41, 5.74) is 1.99. The molecule has 0 unspecified atom stereocenters. The molecule has 0 bridgehead atoms. The summed E-state index contributed by atoms with van der Waals surface area (Å²) in [6.07, 6.45) is 2.61. The maximum absolute atomic E-state index is 8.91. The number of piperidine rings is 1. The van der Waals surface area contributed by atoms with E-state index in [0.29, 0.717) is 0 Å². The fraction of sp³-hybridized carbons (Fsp3) is 0.562. The van der Waals surface area contributed by atoms with Gasteiger partial charge in [-0.15, -0.1) is 0 Å². The molecular formula is C16H23N3. The molecular weight excluding hydrogens is 234 g/mol. The lowest BCUT2D eigenvalue weighted by Crippen LogP contribution is -2.35. The molecule has 3 nitrogen and oxygen atoms in total. The van der Waals surface area contributed by atoms with Gasteiger partial charge in [0.25, 0.3) is 0 Å². The molecule has 0 N–H and O–H groups in total. The van der Waals surface area contributed by atoms with E-state index >= 15 is 0 Å². The highest BCUT2D eigenvalue weighted by Gasteiger charge is 2.18. The van der Waals surface area contributed by atoms with Crippen LogP contribution in [0, 0.1) is 17.2 Å². The Balaban J connectivity index is 1.83. The molecule has 1 aromatic carbocycles. The number of hydrogen-bond donors (Lipinski definition) is 0. The van der Waals surface area contributed by atoms with Crippen LogP contribution >= 0.6 is 0 Å². The van der Waals surface area contributed by atoms with E-state index in [1.165, 1.54) is 31.5 Å². The van der Waals surface area contributed by atoms with Crippen molar-refractivity contribution in [2.75, 3.05) is 33.7 Å². The van der Waals surface area contributed by atoms with Crippen LogP contribution in [0.1, 0.15) is 24.0 Å². The zero-order chi connectivity index (χ0) is 13.7. The molecule has 3 heteroatoms. The molecule has 19 heavy (non-hydrogen) atoms. The Hall–Kier alpha value is -1.37. The summed E-state index contributed by atoms with van der Waals surface area (Å²) in [5, 5.41) is 8.91. The maximum atomic E-state index is 8.91. The van der Waals surface area contributed by atoms with Gasteiger partial charge in [0.05, 0.1) is 11.6 Å². The van der Waals surface area contributed by atoms with Crippen molar-refractivity contribution in [3.8, 4) is 6.07 Å². The van der Waals surface area contributed by atoms with Crippen LogP contribution in [-0.4, -0.2) is 43.5 Å². The van der Waals surface area contributed by atoms with Crippen molar-refractivity contribution in [3.63, 3.8) is 0 Å². The maximum Gasteiger partial charge on any atom is 0.0991 e. The number of hydrogen-bond acceptors (Lipinski definition) is 3. The van der Waals surface area contributed by atoms with Gasteiger partial charge in [-0.2, -0.15) is 5.26 Å². The van der Waals surface area contributed by atoms with E-state index in [0.717, 1.165) is 24.6 Å². The quantitative estimate of drug-likeness (QED) is 0.829. The van der Waals surface area contributed by atoms with E-state index in [1.807, 2.05) is 18.2 Å². The molecule has 102 valence electrons. The van der Waals surface area contributed by atoms with E-state index in [-0.39, 0.29) is 0 Å². The Morgan fingerprint density at radius 1 is 1.37 bits per heavy atom. The van der Waals surface area contributed by atoms with Gasteiger partial charge in [-0.1, -0.05) is 12.1 Å². The first-order valence-electron chi connectivity index (χ1n) is 7.03. The molecule has 1 fully saturated rings. The molecule has 0 atom stereocenters. The molecule has 1 heterocycles. The Morgan fingerprint density at radius 2 is 2.11 bits per heavy atom. The lowest BCUT2D eigenvalue weighted by molar-refractivity contribution is 0.173. The largest absolute Gasteiger partial charge is 0.306 e. The van der Waals surface area contributed by atoms with Gasteiger partial charge >= 0.3 is 0 Å². The molecule has 0 saturated carbocycles. The van der Waals surface area contributed by atoms with Gasteiger partial charge in [-0.05, 0) is 63.6 Å². The van der Waals surface area contributed by atoms with E-state index in [1.54, 1.807) is 0 Å². The van der Waals surface area contributed by atoms with Crippen molar-refractivity contribution in [1.29, 1.82) is 5.26 Å². The highest BCUT2D eigenvalue weighted by Crippen LogP contribution is 2.17. The summed E-state index contributed by atoms with van der Waals surface area (Å²) in [6.45, 7) is 4.54. The van der Waals surface area contributed by atoms with Gasteiger partial charge in [-0.3, -0.25) is 0 Å². The van der Waals surface area contributed by atoms with E-state index < -0.39 is 0 Å². The Morgan fingerprint density at radius 3 is 2.79 bits per heavy atom. The number of likely N-dealkylation sites (tertiary alicyclic amines) is 1. The second kappa shape index (κ2) is 6.70. The molecule has 0 aliphatic carbocycles. The molecule has 0 aromatic heterocycles. The van der Waals surface area contributed by atoms with Gasteiger partial charge < -0.3 is 9.80 Å². The number of nitrogens with zero attached hydrogens (tertiary/aromatic N) is 3. The highest BCUT2D eigenvalue weighted by atomic mass is 15.1. The number of rotatable bonds is 4. The Kier molecular flexibility index (Phi) is 4.95. The first-order chi connectivity index (χ1) is 9.17. The fourth-order valence-corrected chi connectivity index (χ4v) is 2.80. The van der Waals surface area contributed by atoms with Crippen LogP contribution in [0.3, 0.4) is 0 Å². The minimum Gasteiger partial charge on any atom is -0.306 e. The van der Waals surface area contributed by atoms with E-state index in [4.69, 9.17) is 5.26 Å². The third kappa shape index (κ3) is 4.34. The van der Waals surface area contributed by atoms with Crippen LogP contribution in [0.2, 0.25) is 0 Å². The summed E-state index contributed by atoms with van der Waals surface area (Å²) in [5.74, 6) is 0.820. The normalized spacial score (nSPS) is 17.6. The minimum absolute atomic E-state index is 0.755. The highest BCUT2D eigenvalue weighted by molar-refractivity contribution is 5.32. The minimum atomic E-state index is 0.755. The second-order valence-corrected chi connectivity index (χ2v) is 5.76. The van der Waals surface area contributed by atoms with Crippen LogP contribution < -0.4 is 0 Å². The topological polar surface area (TPSA) is 30.3 Å². The molecule has 1 aliphatic rings. The Labute approximate surface area is 116 Å². The van der Waals surface area contributed by atoms with Crippen molar-refractivity contribution in [2.45, 2.75) is 19.4 Å². The third-order valence-corrected chi connectivity index (χ3v) is 3.92. The molecule has 1 aromatic rings. The van der Waals surface area contributed by atoms with E-state index in [2.05, 4.69) is 36.0 Å². The van der Waals surface area contributed by atoms with Crippen LogP contribution in [0.4, 0.5) is 0 Å². The Bertz CT molecular complexity index is 442. The molecule has 0 amide bonds. The summed E-state index contributed by atoms with van der Waals surface area (Å²) >= 11 is 0. The molecule has 0 radical (unpaired) electrons. The van der Waals surface area contributed by atoms with Crippen molar-refractivity contribution >= 4 is 0 Å². The smallest absolute Gasteiger partial charge is 0.0991 e. The first kappa shape index (κ1) is 14.0. The zero-order valence-electron chi connectivity index (χ0n) is 12.0. The van der Waals surface area contributed by atoms with Gasteiger partial charge in [0.2, 0.25) is 0 Å². The first-order valence-corrected chi connectivity index (χ1v) is 7.03. The predicted molar refractivity (Wildman–Crippen MR) is 77.7 cm³/mol. The molecule has 1 aliphatic heterocycles. The zero-order valence-corrected chi connectivity index (χ0v) is 12.0. The summed E-state index contributed by atoms with van der Waals surface area (Å²) in [4.78, 5) is 4.79. The van der Waals surface area contributed by atoms with Crippen LogP contribution in [0.5, 0.6) is 0 Å². The van der Waals surface area contributed by atoms with Crippen molar-refractivity contribution < 1.29 is 0 Å². The monoisotopic (exact) mass is 257 g/mol. The fourth-order valence-electron chi connectivity index (χ4n) is 2.80. The van der Waals surface area contributed by atoms with Crippen LogP contribution in [-0.2, 0) is 6.54 Å². The van der Waals surface area contributed by atoms with Gasteiger partial charge in [0.1, 0.15) is 0 Å². The standard InChI is InChI=1S/C16H23N3/c1-18-8-6-14(7-9-18)12-19(2)13-16-5-3-4-15(10-16)11-17/h3-5,10,14H,6-9,12-13H2,1-2H3. The number of nitriles is 1. The third-order valence-electron chi connectivity index (χ3n) is 3.92. The van der Waals surface area contributed by atoms with Gasteiger partial charge in [-0.25, -0.2) is 0 Å². The molecule has 2 rings (SSSR count). The lowest BCUT2D eigenvalue weighted by Gasteiger charge is -2.31. The van der Waals surface area contributed by atoms with Gasteiger partial charge in [0, 0.05) is 13.1 Å². The SMILES string of the molecule is CN1CCC(CN(C)Cc2cccc(C#N)c2)CC1. The average Bonchev–Trinajstić information content (AvgIpc) is 2.41. The van der Waals surface area contributed by atoms with Crippen LogP contribution in [0.25, 0.3) is 0 Å². The predicted octanol–water partition coefficient (Wildman–Crippen LogP) is 2.33. The summed E-state index contributed by atoms with van der Waals surface area (Å²) in [7, 11) is 4.38. The van der Waals surface area contributed by atoms with Gasteiger partial charge in [0.15, 0.2) is 0 Å². The van der Waals surface area contributed by atoms with Crippen molar-refractivity contribution in [2.24, 2.45) is 5.92 Å². The summed E-state index contributed by atoms with van der Waals surface area (Å²) in [6, 6.07) is 10.1. The average molecular weight is 257 g/mol. The second-order valence-electron chi connectivity index (χ2n) is 5.76. The lowest BCUT2D eigenvalue weighted by atomic mass is 9.96. The van der Waals surface area contributed by atoms with Crippen molar-refractivity contribution in [1.82, 2.24) is 9.80 Å². The van der Waals surface area contributed by atoms with E-state index in [9.17, 15) is 0 Å².